The zero-order valence-electron chi connectivity index (χ0n) is 12.1. The lowest BCUT2D eigenvalue weighted by Crippen LogP contribution is -2.42. The zero-order valence-corrected chi connectivity index (χ0v) is 13.1. The third kappa shape index (κ3) is 2.67. The summed E-state index contributed by atoms with van der Waals surface area (Å²) in [5, 5.41) is 9.76. The fourth-order valence-corrected chi connectivity index (χ4v) is 4.12. The van der Waals surface area contributed by atoms with Crippen LogP contribution in [0.1, 0.15) is 24.0 Å². The Morgan fingerprint density at radius 1 is 1.32 bits per heavy atom. The van der Waals surface area contributed by atoms with Gasteiger partial charge in [-0.25, -0.2) is 0 Å². The number of methoxy groups -OCH3 is 1. The minimum Gasteiger partial charge on any atom is -0.496 e. The quantitative estimate of drug-likeness (QED) is 0.791. The SMILES string of the molecule is COc1cccc2c1C(C#N)(O[Si](C)(C)C)CCC2. The van der Waals surface area contributed by atoms with Gasteiger partial charge in [0.2, 0.25) is 0 Å². The van der Waals surface area contributed by atoms with Gasteiger partial charge < -0.3 is 9.16 Å². The third-order valence-corrected chi connectivity index (χ3v) is 4.33. The fourth-order valence-electron chi connectivity index (χ4n) is 2.83. The smallest absolute Gasteiger partial charge is 0.186 e. The second-order valence-corrected chi connectivity index (χ2v) is 10.4. The van der Waals surface area contributed by atoms with Gasteiger partial charge in [0.05, 0.1) is 7.11 Å². The van der Waals surface area contributed by atoms with Gasteiger partial charge in [0.25, 0.3) is 0 Å². The maximum atomic E-state index is 9.76. The number of hydrogen-bond acceptors (Lipinski definition) is 3. The molecule has 1 aromatic rings. The predicted octanol–water partition coefficient (Wildman–Crippen LogP) is 3.60. The number of rotatable bonds is 3. The van der Waals surface area contributed by atoms with Crippen LogP contribution >= 0.6 is 0 Å². The van der Waals surface area contributed by atoms with Gasteiger partial charge in [0.1, 0.15) is 11.8 Å². The summed E-state index contributed by atoms with van der Waals surface area (Å²) >= 11 is 0. The van der Waals surface area contributed by atoms with Crippen molar-refractivity contribution in [2.75, 3.05) is 7.11 Å². The first kappa shape index (κ1) is 14.1. The Balaban J connectivity index is 2.59. The molecule has 0 saturated heterocycles. The molecule has 0 saturated carbocycles. The molecular formula is C15H21NO2Si. The Kier molecular flexibility index (Phi) is 3.70. The topological polar surface area (TPSA) is 42.2 Å². The number of nitriles is 1. The summed E-state index contributed by atoms with van der Waals surface area (Å²) in [6.45, 7) is 6.36. The van der Waals surface area contributed by atoms with Crippen molar-refractivity contribution in [1.29, 1.82) is 5.26 Å². The Hall–Kier alpha value is -1.31. The highest BCUT2D eigenvalue weighted by atomic mass is 28.4. The second-order valence-electron chi connectivity index (χ2n) is 6.00. The van der Waals surface area contributed by atoms with Crippen molar-refractivity contribution in [2.24, 2.45) is 0 Å². The van der Waals surface area contributed by atoms with Gasteiger partial charge in [-0.3, -0.25) is 0 Å². The van der Waals surface area contributed by atoms with Gasteiger partial charge >= 0.3 is 0 Å². The van der Waals surface area contributed by atoms with Crippen molar-refractivity contribution < 1.29 is 9.16 Å². The van der Waals surface area contributed by atoms with E-state index in [1.54, 1.807) is 7.11 Å². The summed E-state index contributed by atoms with van der Waals surface area (Å²) < 4.78 is 11.8. The normalized spacial score (nSPS) is 22.5. The Morgan fingerprint density at radius 3 is 2.63 bits per heavy atom. The van der Waals surface area contributed by atoms with Crippen LogP contribution in [0, 0.1) is 11.3 Å². The van der Waals surface area contributed by atoms with Crippen molar-refractivity contribution in [1.82, 2.24) is 0 Å². The molecule has 0 aromatic heterocycles. The van der Waals surface area contributed by atoms with Crippen molar-refractivity contribution in [2.45, 2.75) is 44.5 Å². The molecular weight excluding hydrogens is 254 g/mol. The van der Waals surface area contributed by atoms with Crippen LogP contribution < -0.4 is 4.74 Å². The maximum Gasteiger partial charge on any atom is 0.186 e. The molecule has 3 nitrogen and oxygen atoms in total. The molecule has 0 aliphatic heterocycles. The predicted molar refractivity (Wildman–Crippen MR) is 77.7 cm³/mol. The van der Waals surface area contributed by atoms with Gasteiger partial charge in [-0.15, -0.1) is 0 Å². The van der Waals surface area contributed by atoms with E-state index in [0.29, 0.717) is 0 Å². The lowest BCUT2D eigenvalue weighted by atomic mass is 9.79. The van der Waals surface area contributed by atoms with Crippen molar-refractivity contribution in [3.8, 4) is 11.8 Å². The average Bonchev–Trinajstić information content (AvgIpc) is 2.36. The monoisotopic (exact) mass is 275 g/mol. The molecule has 19 heavy (non-hydrogen) atoms. The van der Waals surface area contributed by atoms with E-state index < -0.39 is 13.9 Å². The van der Waals surface area contributed by atoms with Gasteiger partial charge in [-0.05, 0) is 50.5 Å². The van der Waals surface area contributed by atoms with Crippen LogP contribution in [0.5, 0.6) is 5.75 Å². The molecule has 1 unspecified atom stereocenters. The van der Waals surface area contributed by atoms with Crippen molar-refractivity contribution >= 4 is 8.32 Å². The Bertz CT molecular complexity index is 502. The first-order chi connectivity index (χ1) is 8.92. The fraction of sp³-hybridized carbons (Fsp3) is 0.533. The summed E-state index contributed by atoms with van der Waals surface area (Å²) in [7, 11) is -0.167. The number of ether oxygens (including phenoxy) is 1. The zero-order chi connectivity index (χ0) is 14.1. The summed E-state index contributed by atoms with van der Waals surface area (Å²) in [5.74, 6) is 0.775. The number of benzene rings is 1. The standard InChI is InChI=1S/C15H21NO2Si/c1-17-13-9-5-7-12-8-6-10-15(11-16,14(12)13)18-19(2,3)4/h5,7,9H,6,8,10H2,1-4H3. The second kappa shape index (κ2) is 4.99. The molecule has 1 aromatic carbocycles. The molecule has 0 spiro atoms. The van der Waals surface area contributed by atoms with Gasteiger partial charge in [0, 0.05) is 5.56 Å². The number of nitrogens with zero attached hydrogens (tertiary/aromatic N) is 1. The largest absolute Gasteiger partial charge is 0.496 e. The summed E-state index contributed by atoms with van der Waals surface area (Å²) in [6.07, 6.45) is 2.73. The Labute approximate surface area is 116 Å². The van der Waals surface area contributed by atoms with Gasteiger partial charge in [-0.1, -0.05) is 12.1 Å². The molecule has 0 bridgehead atoms. The first-order valence-electron chi connectivity index (χ1n) is 6.70. The van der Waals surface area contributed by atoms with Crippen LogP contribution in [0.2, 0.25) is 19.6 Å². The molecule has 0 N–H and O–H groups in total. The molecule has 2 rings (SSSR count). The van der Waals surface area contributed by atoms with E-state index in [-0.39, 0.29) is 0 Å². The van der Waals surface area contributed by atoms with Crippen LogP contribution in [0.4, 0.5) is 0 Å². The van der Waals surface area contributed by atoms with E-state index in [1.165, 1.54) is 5.56 Å². The lowest BCUT2D eigenvalue weighted by molar-refractivity contribution is 0.0950. The van der Waals surface area contributed by atoms with Gasteiger partial charge in [-0.2, -0.15) is 5.26 Å². The van der Waals surface area contributed by atoms with Crippen LogP contribution in [-0.4, -0.2) is 15.4 Å². The molecule has 102 valence electrons. The minimum atomic E-state index is -1.82. The van der Waals surface area contributed by atoms with E-state index in [2.05, 4.69) is 31.8 Å². The molecule has 4 heteroatoms. The third-order valence-electron chi connectivity index (χ3n) is 3.37. The molecule has 0 heterocycles. The maximum absolute atomic E-state index is 9.76. The number of hydrogen-bond donors (Lipinski definition) is 0. The van der Waals surface area contributed by atoms with E-state index in [0.717, 1.165) is 30.6 Å². The molecule has 0 amide bonds. The minimum absolute atomic E-state index is 0.751. The Morgan fingerprint density at radius 2 is 2.05 bits per heavy atom. The summed E-state index contributed by atoms with van der Waals surface area (Å²) in [5.41, 5.74) is 1.31. The lowest BCUT2D eigenvalue weighted by Gasteiger charge is -2.38. The number of aryl methyl sites for hydroxylation is 1. The van der Waals surface area contributed by atoms with E-state index >= 15 is 0 Å². The van der Waals surface area contributed by atoms with E-state index in [9.17, 15) is 5.26 Å². The molecule has 0 radical (unpaired) electrons. The summed E-state index contributed by atoms with van der Waals surface area (Å²) in [4.78, 5) is 0. The summed E-state index contributed by atoms with van der Waals surface area (Å²) in [6, 6.07) is 8.42. The van der Waals surface area contributed by atoms with Crippen molar-refractivity contribution in [3.63, 3.8) is 0 Å². The van der Waals surface area contributed by atoms with E-state index in [1.807, 2.05) is 12.1 Å². The molecule has 1 aliphatic carbocycles. The average molecular weight is 275 g/mol. The first-order valence-corrected chi connectivity index (χ1v) is 10.1. The highest BCUT2D eigenvalue weighted by Crippen LogP contribution is 2.44. The van der Waals surface area contributed by atoms with E-state index in [4.69, 9.17) is 9.16 Å². The van der Waals surface area contributed by atoms with Crippen LogP contribution in [0.25, 0.3) is 0 Å². The van der Waals surface area contributed by atoms with Crippen LogP contribution in [0.15, 0.2) is 18.2 Å². The molecule has 1 atom stereocenters. The highest BCUT2D eigenvalue weighted by Gasteiger charge is 2.43. The van der Waals surface area contributed by atoms with Crippen molar-refractivity contribution in [3.05, 3.63) is 29.3 Å². The highest BCUT2D eigenvalue weighted by molar-refractivity contribution is 6.69. The molecule has 1 aliphatic rings. The van der Waals surface area contributed by atoms with Crippen LogP contribution in [-0.2, 0) is 16.4 Å². The number of fused-ring (bicyclic) bond motifs is 1. The van der Waals surface area contributed by atoms with Gasteiger partial charge in [0.15, 0.2) is 13.9 Å². The van der Waals surface area contributed by atoms with Crippen LogP contribution in [0.3, 0.4) is 0 Å². The molecule has 0 fully saturated rings.